The summed E-state index contributed by atoms with van der Waals surface area (Å²) in [5, 5.41) is 3.13. The van der Waals surface area contributed by atoms with Crippen molar-refractivity contribution in [3.8, 4) is 0 Å². The summed E-state index contributed by atoms with van der Waals surface area (Å²) in [6.45, 7) is 4.50. The molecule has 0 saturated carbocycles. The molecule has 3 heterocycles. The van der Waals surface area contributed by atoms with Gasteiger partial charge in [0, 0.05) is 34.6 Å². The molecule has 5 nitrogen and oxygen atoms in total. The molecule has 144 valence electrons. The lowest BCUT2D eigenvalue weighted by molar-refractivity contribution is 0.104. The smallest absolute Gasteiger partial charge is 0.288 e. The van der Waals surface area contributed by atoms with Crippen molar-refractivity contribution in [3.05, 3.63) is 65.4 Å². The van der Waals surface area contributed by atoms with Gasteiger partial charge in [-0.25, -0.2) is 4.79 Å². The standard InChI is InChI=1S/C20H17BrN2O3S2/c1-10(2)8-23-19-14(18(25)22(3)20(23)26)15(21)17(28-19)16(24)12-9-27-13-7-5-4-6-11(12)13/h4-7,9-10H,8H2,1-3H3. The van der Waals surface area contributed by atoms with Crippen LogP contribution in [0.2, 0.25) is 0 Å². The molecule has 0 N–H and O–H groups in total. The van der Waals surface area contributed by atoms with Gasteiger partial charge in [0.2, 0.25) is 5.78 Å². The van der Waals surface area contributed by atoms with Gasteiger partial charge in [-0.2, -0.15) is 0 Å². The minimum Gasteiger partial charge on any atom is -0.288 e. The van der Waals surface area contributed by atoms with Crippen LogP contribution < -0.4 is 11.2 Å². The topological polar surface area (TPSA) is 61.1 Å². The molecule has 0 amide bonds. The van der Waals surface area contributed by atoms with Gasteiger partial charge in [-0.3, -0.25) is 18.7 Å². The Morgan fingerprint density at radius 3 is 2.64 bits per heavy atom. The van der Waals surface area contributed by atoms with Crippen molar-refractivity contribution in [3.63, 3.8) is 0 Å². The van der Waals surface area contributed by atoms with Gasteiger partial charge in [-0.05, 0) is 27.9 Å². The molecule has 28 heavy (non-hydrogen) atoms. The van der Waals surface area contributed by atoms with Crippen molar-refractivity contribution in [1.82, 2.24) is 9.13 Å². The van der Waals surface area contributed by atoms with Gasteiger partial charge < -0.3 is 0 Å². The lowest BCUT2D eigenvalue weighted by Crippen LogP contribution is -2.38. The maximum atomic E-state index is 13.3. The fourth-order valence-corrected chi connectivity index (χ4v) is 6.24. The van der Waals surface area contributed by atoms with Crippen molar-refractivity contribution < 1.29 is 4.79 Å². The average molecular weight is 477 g/mol. The molecule has 3 aromatic heterocycles. The Balaban J connectivity index is 2.00. The summed E-state index contributed by atoms with van der Waals surface area (Å²) < 4.78 is 4.21. The van der Waals surface area contributed by atoms with Crippen LogP contribution in [-0.2, 0) is 13.6 Å². The molecule has 0 bridgehead atoms. The van der Waals surface area contributed by atoms with Crippen LogP contribution >= 0.6 is 38.6 Å². The Morgan fingerprint density at radius 1 is 1.21 bits per heavy atom. The number of halogens is 1. The normalized spacial score (nSPS) is 11.8. The van der Waals surface area contributed by atoms with Crippen molar-refractivity contribution in [2.24, 2.45) is 13.0 Å². The molecule has 0 atom stereocenters. The molecule has 0 radical (unpaired) electrons. The van der Waals surface area contributed by atoms with Gasteiger partial charge in [0.1, 0.15) is 4.83 Å². The number of ketones is 1. The highest BCUT2D eigenvalue weighted by molar-refractivity contribution is 9.10. The van der Waals surface area contributed by atoms with Crippen molar-refractivity contribution in [2.75, 3.05) is 0 Å². The van der Waals surface area contributed by atoms with Gasteiger partial charge in [-0.15, -0.1) is 22.7 Å². The number of rotatable bonds is 4. The molecule has 0 aliphatic heterocycles. The minimum atomic E-state index is -0.391. The molecule has 0 saturated heterocycles. The summed E-state index contributed by atoms with van der Waals surface area (Å²) in [5.74, 6) is 0.0790. The van der Waals surface area contributed by atoms with Crippen molar-refractivity contribution in [2.45, 2.75) is 20.4 Å². The average Bonchev–Trinajstić information content (AvgIpc) is 3.24. The number of benzene rings is 1. The summed E-state index contributed by atoms with van der Waals surface area (Å²) in [4.78, 5) is 39.7. The Morgan fingerprint density at radius 2 is 1.93 bits per heavy atom. The van der Waals surface area contributed by atoms with E-state index < -0.39 is 5.56 Å². The number of aromatic nitrogens is 2. The van der Waals surface area contributed by atoms with E-state index in [0.717, 1.165) is 14.7 Å². The number of hydrogen-bond acceptors (Lipinski definition) is 5. The van der Waals surface area contributed by atoms with Gasteiger partial charge in [0.15, 0.2) is 0 Å². The highest BCUT2D eigenvalue weighted by atomic mass is 79.9. The first-order chi connectivity index (χ1) is 13.3. The van der Waals surface area contributed by atoms with Crippen LogP contribution in [0.3, 0.4) is 0 Å². The zero-order valence-electron chi connectivity index (χ0n) is 15.5. The lowest BCUT2D eigenvalue weighted by atomic mass is 10.1. The van der Waals surface area contributed by atoms with E-state index in [-0.39, 0.29) is 17.4 Å². The number of fused-ring (bicyclic) bond motifs is 2. The van der Waals surface area contributed by atoms with Crippen LogP contribution in [0.25, 0.3) is 20.3 Å². The summed E-state index contributed by atoms with van der Waals surface area (Å²) in [7, 11) is 1.47. The summed E-state index contributed by atoms with van der Waals surface area (Å²) in [6, 6.07) is 7.75. The molecule has 1 aromatic carbocycles. The Kier molecular flexibility index (Phi) is 4.89. The predicted molar refractivity (Wildman–Crippen MR) is 119 cm³/mol. The SMILES string of the molecule is CC(C)Cn1c(=O)n(C)c(=O)c2c(Br)c(C(=O)c3csc4ccccc34)sc21. The number of thiophene rings is 2. The Labute approximate surface area is 177 Å². The van der Waals surface area contributed by atoms with E-state index in [2.05, 4.69) is 15.9 Å². The molecular formula is C20H17BrN2O3S2. The number of nitrogens with zero attached hydrogens (tertiary/aromatic N) is 2. The molecule has 4 aromatic rings. The van der Waals surface area contributed by atoms with Gasteiger partial charge >= 0.3 is 5.69 Å². The first-order valence-electron chi connectivity index (χ1n) is 8.74. The fourth-order valence-electron chi connectivity index (χ4n) is 3.25. The Hall–Kier alpha value is -2.03. The second kappa shape index (κ2) is 7.09. The van der Waals surface area contributed by atoms with Crippen molar-refractivity contribution >= 4 is 64.7 Å². The molecular weight excluding hydrogens is 460 g/mol. The number of carbonyl (C=O) groups is 1. The van der Waals surface area contributed by atoms with Crippen LogP contribution in [0.5, 0.6) is 0 Å². The molecule has 0 aliphatic rings. The Bertz CT molecular complexity index is 1360. The highest BCUT2D eigenvalue weighted by Gasteiger charge is 2.25. The van der Waals surface area contributed by atoms with Crippen LogP contribution in [0.15, 0.2) is 43.7 Å². The molecule has 0 aliphatic carbocycles. The number of hydrogen-bond donors (Lipinski definition) is 0. The van der Waals surface area contributed by atoms with E-state index in [1.54, 1.807) is 4.57 Å². The zero-order valence-corrected chi connectivity index (χ0v) is 18.7. The van der Waals surface area contributed by atoms with Crippen molar-refractivity contribution in [1.29, 1.82) is 0 Å². The first-order valence-corrected chi connectivity index (χ1v) is 11.2. The van der Waals surface area contributed by atoms with Gasteiger partial charge in [-0.1, -0.05) is 32.0 Å². The monoisotopic (exact) mass is 476 g/mol. The van der Waals surface area contributed by atoms with E-state index in [0.29, 0.717) is 31.7 Å². The second-order valence-electron chi connectivity index (χ2n) is 7.05. The lowest BCUT2D eigenvalue weighted by Gasteiger charge is -2.11. The van der Waals surface area contributed by atoms with Gasteiger partial charge in [0.25, 0.3) is 5.56 Å². The second-order valence-corrected chi connectivity index (χ2v) is 9.75. The van der Waals surface area contributed by atoms with Gasteiger partial charge in [0.05, 0.1) is 14.7 Å². The van der Waals surface area contributed by atoms with Crippen LogP contribution in [-0.4, -0.2) is 14.9 Å². The zero-order chi connectivity index (χ0) is 20.2. The molecule has 0 fully saturated rings. The summed E-state index contributed by atoms with van der Waals surface area (Å²) in [5.41, 5.74) is -0.139. The quantitative estimate of drug-likeness (QED) is 0.403. The van der Waals surface area contributed by atoms with Crippen LogP contribution in [0.4, 0.5) is 0 Å². The largest absolute Gasteiger partial charge is 0.331 e. The first kappa shape index (κ1) is 19.3. The van der Waals surface area contributed by atoms with E-state index in [9.17, 15) is 14.4 Å². The summed E-state index contributed by atoms with van der Waals surface area (Å²) in [6.07, 6.45) is 0. The summed E-state index contributed by atoms with van der Waals surface area (Å²) >= 11 is 6.20. The maximum absolute atomic E-state index is 13.3. The maximum Gasteiger partial charge on any atom is 0.331 e. The molecule has 8 heteroatoms. The molecule has 0 unspecified atom stereocenters. The van der Waals surface area contributed by atoms with E-state index in [1.165, 1.54) is 29.7 Å². The fraction of sp³-hybridized carbons (Fsp3) is 0.250. The molecule has 4 rings (SSSR count). The van der Waals surface area contributed by atoms with E-state index in [1.807, 2.05) is 43.5 Å². The predicted octanol–water partition coefficient (Wildman–Crippen LogP) is 4.63. The third kappa shape index (κ3) is 2.91. The number of carbonyl (C=O) groups excluding carboxylic acids is 1. The van der Waals surface area contributed by atoms with Crippen LogP contribution in [0, 0.1) is 5.92 Å². The third-order valence-corrected chi connectivity index (χ3v) is 7.82. The third-order valence-electron chi connectivity index (χ3n) is 4.59. The molecule has 0 spiro atoms. The minimum absolute atomic E-state index is 0.142. The van der Waals surface area contributed by atoms with Crippen LogP contribution in [0.1, 0.15) is 29.1 Å². The van der Waals surface area contributed by atoms with E-state index in [4.69, 9.17) is 0 Å². The highest BCUT2D eigenvalue weighted by Crippen LogP contribution is 2.37. The van der Waals surface area contributed by atoms with E-state index >= 15 is 0 Å².